The molecule has 0 fully saturated rings. The van der Waals surface area contributed by atoms with E-state index in [1.165, 1.54) is 12.1 Å². The summed E-state index contributed by atoms with van der Waals surface area (Å²) in [6, 6.07) is 39.1. The Kier molecular flexibility index (Phi) is 10.3. The number of hydrogen-bond acceptors (Lipinski definition) is 6. The highest BCUT2D eigenvalue weighted by molar-refractivity contribution is 7.86. The van der Waals surface area contributed by atoms with Crippen LogP contribution in [-0.4, -0.2) is 43.2 Å². The third kappa shape index (κ3) is 7.34. The topological polar surface area (TPSA) is 130 Å². The van der Waals surface area contributed by atoms with Crippen molar-refractivity contribution >= 4 is 32.8 Å². The number of hydrogen-bond donors (Lipinski definition) is 3. The Balaban J connectivity index is 1.36. The minimum absolute atomic E-state index is 0.00945. The zero-order chi connectivity index (χ0) is 32.6. The molecule has 0 amide bonds. The zero-order valence-electron chi connectivity index (χ0n) is 25.0. The van der Waals surface area contributed by atoms with Gasteiger partial charge < -0.3 is 10.2 Å². The molecule has 0 aromatic heterocycles. The van der Waals surface area contributed by atoms with Gasteiger partial charge in [-0.1, -0.05) is 121 Å². The predicted molar refractivity (Wildman–Crippen MR) is 176 cm³/mol. The molecule has 9 heteroatoms. The molecule has 3 N–H and O–H groups in total. The Morgan fingerprint density at radius 1 is 0.674 bits per heavy atom. The van der Waals surface area contributed by atoms with Crippen molar-refractivity contribution in [2.75, 3.05) is 6.61 Å². The second kappa shape index (κ2) is 14.5. The molecule has 236 valence electrons. The minimum atomic E-state index is -4.08. The van der Waals surface area contributed by atoms with Crippen molar-refractivity contribution < 1.29 is 32.4 Å². The first kappa shape index (κ1) is 32.6. The summed E-state index contributed by atoms with van der Waals surface area (Å²) in [4.78, 5) is 25.2. The maximum atomic E-state index is 12.9. The van der Waals surface area contributed by atoms with Crippen LogP contribution in [0.25, 0.3) is 10.8 Å². The molecule has 0 heterocycles. The normalized spacial score (nSPS) is 13.2. The van der Waals surface area contributed by atoms with Gasteiger partial charge in [0.1, 0.15) is 6.04 Å². The van der Waals surface area contributed by atoms with E-state index in [2.05, 4.69) is 5.32 Å². The number of carbonyl (C=O) groups is 2. The van der Waals surface area contributed by atoms with Crippen LogP contribution in [0.5, 0.6) is 0 Å². The Hall–Kier alpha value is -4.83. The number of rotatable bonds is 15. The summed E-state index contributed by atoms with van der Waals surface area (Å²) < 4.78 is 31.0. The van der Waals surface area contributed by atoms with Gasteiger partial charge >= 0.3 is 11.9 Å². The molecule has 0 saturated carbocycles. The molecule has 5 rings (SSSR count). The molecule has 0 saturated heterocycles. The molecular formula is C37H35NO7S. The van der Waals surface area contributed by atoms with Crippen molar-refractivity contribution in [3.8, 4) is 0 Å². The van der Waals surface area contributed by atoms with E-state index in [-0.39, 0.29) is 30.8 Å². The van der Waals surface area contributed by atoms with Crippen molar-refractivity contribution in [3.05, 3.63) is 150 Å². The SMILES string of the molecule is O=C(O)C(CCCOS(=O)(=O)c1ccc2ccccc2c1)CC(NC(c1ccccc1)(c1ccccc1)c1ccccc1)C(=O)O. The molecular weight excluding hydrogens is 602 g/mol. The Morgan fingerprint density at radius 2 is 1.17 bits per heavy atom. The Morgan fingerprint density at radius 3 is 1.67 bits per heavy atom. The Labute approximate surface area is 268 Å². The maximum Gasteiger partial charge on any atom is 0.320 e. The van der Waals surface area contributed by atoms with E-state index in [4.69, 9.17) is 4.18 Å². The lowest BCUT2D eigenvalue weighted by Gasteiger charge is -2.39. The number of nitrogens with one attached hydrogen (secondary N) is 1. The summed E-state index contributed by atoms with van der Waals surface area (Å²) in [7, 11) is -4.08. The summed E-state index contributed by atoms with van der Waals surface area (Å²) in [6.07, 6.45) is -0.128. The average molecular weight is 638 g/mol. The van der Waals surface area contributed by atoms with Crippen molar-refractivity contribution in [1.82, 2.24) is 5.32 Å². The summed E-state index contributed by atoms with van der Waals surface area (Å²) >= 11 is 0. The molecule has 0 aliphatic rings. The van der Waals surface area contributed by atoms with Gasteiger partial charge in [0, 0.05) is 0 Å². The molecule has 0 aliphatic carbocycles. The van der Waals surface area contributed by atoms with Crippen molar-refractivity contribution in [2.45, 2.75) is 35.7 Å². The smallest absolute Gasteiger partial charge is 0.320 e. The molecule has 8 nitrogen and oxygen atoms in total. The van der Waals surface area contributed by atoms with Crippen LogP contribution in [0, 0.1) is 5.92 Å². The van der Waals surface area contributed by atoms with Crippen LogP contribution in [0.3, 0.4) is 0 Å². The monoisotopic (exact) mass is 637 g/mol. The van der Waals surface area contributed by atoms with E-state index in [0.29, 0.717) is 0 Å². The van der Waals surface area contributed by atoms with E-state index in [1.807, 2.05) is 109 Å². The van der Waals surface area contributed by atoms with Gasteiger partial charge in [-0.2, -0.15) is 8.42 Å². The summed E-state index contributed by atoms with van der Waals surface area (Å²) in [5, 5.41) is 25.5. The fourth-order valence-corrected chi connectivity index (χ4v) is 6.79. The molecule has 5 aromatic rings. The van der Waals surface area contributed by atoms with Crippen molar-refractivity contribution in [3.63, 3.8) is 0 Å². The molecule has 0 bridgehead atoms. The zero-order valence-corrected chi connectivity index (χ0v) is 25.8. The second-order valence-corrected chi connectivity index (χ2v) is 12.7. The number of aliphatic carboxylic acids is 2. The summed E-state index contributed by atoms with van der Waals surface area (Å²) in [6.45, 7) is -0.244. The lowest BCUT2D eigenvalue weighted by atomic mass is 9.76. The molecule has 2 unspecified atom stereocenters. The predicted octanol–water partition coefficient (Wildman–Crippen LogP) is 6.45. The number of carboxylic acid groups (broad SMARTS) is 2. The van der Waals surface area contributed by atoms with Crippen LogP contribution in [-0.2, 0) is 29.4 Å². The van der Waals surface area contributed by atoms with Gasteiger partial charge in [0.25, 0.3) is 10.1 Å². The van der Waals surface area contributed by atoms with Gasteiger partial charge in [-0.25, -0.2) is 0 Å². The molecule has 46 heavy (non-hydrogen) atoms. The average Bonchev–Trinajstić information content (AvgIpc) is 3.08. The van der Waals surface area contributed by atoms with Crippen LogP contribution in [0.15, 0.2) is 138 Å². The fourth-order valence-electron chi connectivity index (χ4n) is 5.81. The lowest BCUT2D eigenvalue weighted by Crippen LogP contribution is -2.53. The van der Waals surface area contributed by atoms with Gasteiger partial charge in [-0.15, -0.1) is 0 Å². The second-order valence-electron chi connectivity index (χ2n) is 11.1. The van der Waals surface area contributed by atoms with E-state index in [1.54, 1.807) is 12.1 Å². The summed E-state index contributed by atoms with van der Waals surface area (Å²) in [5.74, 6) is -3.45. The van der Waals surface area contributed by atoms with Gasteiger partial charge in [-0.05, 0) is 58.9 Å². The first-order valence-electron chi connectivity index (χ1n) is 15.0. The first-order valence-corrected chi connectivity index (χ1v) is 16.4. The van der Waals surface area contributed by atoms with Crippen LogP contribution in [0.4, 0.5) is 0 Å². The number of fused-ring (bicyclic) bond motifs is 1. The molecule has 0 aliphatic heterocycles. The van der Waals surface area contributed by atoms with Crippen LogP contribution < -0.4 is 5.32 Å². The quantitative estimate of drug-likeness (QED) is 0.0679. The fraction of sp³-hybridized carbons (Fsp3) is 0.189. The lowest BCUT2D eigenvalue weighted by molar-refractivity contribution is -0.144. The number of carboxylic acids is 2. The third-order valence-corrected chi connectivity index (χ3v) is 9.43. The van der Waals surface area contributed by atoms with Gasteiger partial charge in [0.2, 0.25) is 0 Å². The molecule has 5 aromatic carbocycles. The molecule has 2 atom stereocenters. The van der Waals surface area contributed by atoms with E-state index >= 15 is 0 Å². The van der Waals surface area contributed by atoms with Gasteiger partial charge in [0.15, 0.2) is 0 Å². The largest absolute Gasteiger partial charge is 0.481 e. The van der Waals surface area contributed by atoms with Crippen molar-refractivity contribution in [1.29, 1.82) is 0 Å². The highest BCUT2D eigenvalue weighted by Gasteiger charge is 2.41. The van der Waals surface area contributed by atoms with E-state index in [9.17, 15) is 28.2 Å². The standard InChI is InChI=1S/C37H35NO7S/c39-35(40)29(15-12-24-45-46(43,44)33-23-22-27-13-10-11-14-28(27)25-33)26-34(36(41)42)38-37(30-16-4-1-5-17-30,31-18-6-2-7-19-31)32-20-8-3-9-21-32/h1-11,13-14,16-23,25,29,34,38H,12,15,24,26H2,(H,39,40)(H,41,42). The highest BCUT2D eigenvalue weighted by Crippen LogP contribution is 2.38. The number of benzene rings is 5. The minimum Gasteiger partial charge on any atom is -0.481 e. The van der Waals surface area contributed by atoms with Gasteiger partial charge in [-0.3, -0.25) is 19.1 Å². The Bertz CT molecular complexity index is 1780. The molecule has 0 spiro atoms. The summed E-state index contributed by atoms with van der Waals surface area (Å²) in [5.41, 5.74) is 1.25. The van der Waals surface area contributed by atoms with E-state index in [0.717, 1.165) is 27.5 Å². The van der Waals surface area contributed by atoms with Crippen LogP contribution >= 0.6 is 0 Å². The highest BCUT2D eigenvalue weighted by atomic mass is 32.2. The third-order valence-electron chi connectivity index (χ3n) is 8.12. The van der Waals surface area contributed by atoms with Crippen LogP contribution in [0.1, 0.15) is 36.0 Å². The van der Waals surface area contributed by atoms with E-state index < -0.39 is 39.6 Å². The molecule has 0 radical (unpaired) electrons. The maximum absolute atomic E-state index is 12.9. The van der Waals surface area contributed by atoms with Gasteiger partial charge in [0.05, 0.1) is 23.0 Å². The first-order chi connectivity index (χ1) is 22.2. The van der Waals surface area contributed by atoms with Crippen molar-refractivity contribution in [2.24, 2.45) is 5.92 Å². The van der Waals surface area contributed by atoms with Crippen LogP contribution in [0.2, 0.25) is 0 Å².